The fraction of sp³-hybridized carbons (Fsp3) is 0.611. The summed E-state index contributed by atoms with van der Waals surface area (Å²) in [6.45, 7) is 7.34. The summed E-state index contributed by atoms with van der Waals surface area (Å²) in [7, 11) is 0. The molecule has 2 heteroatoms. The van der Waals surface area contributed by atoms with Crippen LogP contribution in [0, 0.1) is 16.7 Å². The zero-order valence-corrected chi connectivity index (χ0v) is 13.2. The lowest BCUT2D eigenvalue weighted by atomic mass is 9.89. The van der Waals surface area contributed by atoms with Gasteiger partial charge in [-0.05, 0) is 58.6 Å². The second kappa shape index (κ2) is 8.76. The quantitative estimate of drug-likeness (QED) is 0.680. The maximum Gasteiger partial charge on any atom is 0.0683 e. The van der Waals surface area contributed by atoms with Gasteiger partial charge in [-0.25, -0.2) is 0 Å². The van der Waals surface area contributed by atoms with Crippen molar-refractivity contribution >= 4 is 0 Å². The van der Waals surface area contributed by atoms with Gasteiger partial charge in [-0.3, -0.25) is 0 Å². The fourth-order valence-corrected chi connectivity index (χ4v) is 2.23. The third-order valence-electron chi connectivity index (χ3n) is 3.73. The van der Waals surface area contributed by atoms with E-state index in [1.165, 1.54) is 12.0 Å². The Morgan fingerprint density at radius 3 is 2.55 bits per heavy atom. The second-order valence-corrected chi connectivity index (χ2v) is 6.33. The standard InChI is InChI=1S/C18H28N2/c1-16(11-12-17-9-5-4-6-10-17)20-14-8-7-13-18(2,3)15-19/h4-6,9-10,16,20H,7-8,11-14H2,1-3H3. The minimum absolute atomic E-state index is 0.168. The highest BCUT2D eigenvalue weighted by Crippen LogP contribution is 2.21. The van der Waals surface area contributed by atoms with Gasteiger partial charge in [0.25, 0.3) is 0 Å². The molecule has 0 aliphatic heterocycles. The Morgan fingerprint density at radius 1 is 1.20 bits per heavy atom. The number of hydrogen-bond acceptors (Lipinski definition) is 2. The van der Waals surface area contributed by atoms with Crippen molar-refractivity contribution in [1.29, 1.82) is 5.26 Å². The molecule has 1 aromatic carbocycles. The molecule has 0 radical (unpaired) electrons. The maximum atomic E-state index is 8.95. The summed E-state index contributed by atoms with van der Waals surface area (Å²) in [5.41, 5.74) is 1.25. The van der Waals surface area contributed by atoms with Gasteiger partial charge in [-0.2, -0.15) is 5.26 Å². The van der Waals surface area contributed by atoms with E-state index in [4.69, 9.17) is 5.26 Å². The maximum absolute atomic E-state index is 8.95. The summed E-state index contributed by atoms with van der Waals surface area (Å²) in [6, 6.07) is 13.6. The molecule has 0 saturated heterocycles. The van der Waals surface area contributed by atoms with Gasteiger partial charge in [-0.15, -0.1) is 0 Å². The van der Waals surface area contributed by atoms with E-state index < -0.39 is 0 Å². The zero-order valence-electron chi connectivity index (χ0n) is 13.2. The van der Waals surface area contributed by atoms with Crippen molar-refractivity contribution < 1.29 is 0 Å². The minimum atomic E-state index is -0.168. The van der Waals surface area contributed by atoms with Crippen molar-refractivity contribution in [2.75, 3.05) is 6.54 Å². The molecule has 1 atom stereocenters. The molecule has 0 aliphatic rings. The number of benzene rings is 1. The van der Waals surface area contributed by atoms with Crippen LogP contribution in [0.3, 0.4) is 0 Å². The van der Waals surface area contributed by atoms with E-state index >= 15 is 0 Å². The average Bonchev–Trinajstić information content (AvgIpc) is 2.46. The van der Waals surface area contributed by atoms with Crippen molar-refractivity contribution in [3.63, 3.8) is 0 Å². The van der Waals surface area contributed by atoms with Crippen molar-refractivity contribution in [1.82, 2.24) is 5.32 Å². The molecular formula is C18H28N2. The molecular weight excluding hydrogens is 244 g/mol. The van der Waals surface area contributed by atoms with Crippen LogP contribution in [0.15, 0.2) is 30.3 Å². The first-order chi connectivity index (χ1) is 9.53. The summed E-state index contributed by atoms with van der Waals surface area (Å²) in [5.74, 6) is 0. The Morgan fingerprint density at radius 2 is 1.90 bits per heavy atom. The van der Waals surface area contributed by atoms with Gasteiger partial charge in [0.1, 0.15) is 0 Å². The highest BCUT2D eigenvalue weighted by atomic mass is 14.9. The molecule has 1 aromatic rings. The Balaban J connectivity index is 2.06. The normalized spacial score (nSPS) is 12.9. The van der Waals surface area contributed by atoms with E-state index in [-0.39, 0.29) is 5.41 Å². The lowest BCUT2D eigenvalue weighted by molar-refractivity contribution is 0.414. The zero-order chi connectivity index (χ0) is 14.8. The van der Waals surface area contributed by atoms with Crippen LogP contribution in [0.25, 0.3) is 0 Å². The number of aryl methyl sites for hydroxylation is 1. The molecule has 0 heterocycles. The highest BCUT2D eigenvalue weighted by Gasteiger charge is 2.15. The van der Waals surface area contributed by atoms with Gasteiger partial charge in [0.2, 0.25) is 0 Å². The third kappa shape index (κ3) is 7.31. The largest absolute Gasteiger partial charge is 0.314 e. The lowest BCUT2D eigenvalue weighted by Crippen LogP contribution is -2.27. The summed E-state index contributed by atoms with van der Waals surface area (Å²) in [4.78, 5) is 0. The van der Waals surface area contributed by atoms with Crippen molar-refractivity contribution in [3.05, 3.63) is 35.9 Å². The third-order valence-corrected chi connectivity index (χ3v) is 3.73. The minimum Gasteiger partial charge on any atom is -0.314 e. The molecule has 20 heavy (non-hydrogen) atoms. The van der Waals surface area contributed by atoms with Crippen molar-refractivity contribution in [2.45, 2.75) is 58.9 Å². The van der Waals surface area contributed by atoms with Crippen molar-refractivity contribution in [2.24, 2.45) is 5.41 Å². The van der Waals surface area contributed by atoms with Crippen LogP contribution in [0.5, 0.6) is 0 Å². The van der Waals surface area contributed by atoms with E-state index in [2.05, 4.69) is 48.6 Å². The summed E-state index contributed by atoms with van der Waals surface area (Å²) in [6.07, 6.45) is 5.58. The molecule has 1 N–H and O–H groups in total. The van der Waals surface area contributed by atoms with E-state index in [1.54, 1.807) is 0 Å². The van der Waals surface area contributed by atoms with Crippen LogP contribution >= 0.6 is 0 Å². The van der Waals surface area contributed by atoms with Gasteiger partial charge < -0.3 is 5.32 Å². The molecule has 0 fully saturated rings. The molecule has 0 saturated carbocycles. The van der Waals surface area contributed by atoms with Crippen molar-refractivity contribution in [3.8, 4) is 6.07 Å². The van der Waals surface area contributed by atoms with Gasteiger partial charge in [-0.1, -0.05) is 36.8 Å². The first-order valence-electron chi connectivity index (χ1n) is 7.72. The highest BCUT2D eigenvalue weighted by molar-refractivity contribution is 5.14. The topological polar surface area (TPSA) is 35.8 Å². The van der Waals surface area contributed by atoms with Gasteiger partial charge >= 0.3 is 0 Å². The fourth-order valence-electron chi connectivity index (χ4n) is 2.23. The molecule has 0 bridgehead atoms. The Bertz CT molecular complexity index is 403. The number of nitrogens with zero attached hydrogens (tertiary/aromatic N) is 1. The summed E-state index contributed by atoms with van der Waals surface area (Å²) < 4.78 is 0. The smallest absolute Gasteiger partial charge is 0.0683 e. The molecule has 2 nitrogen and oxygen atoms in total. The number of rotatable bonds is 9. The van der Waals surface area contributed by atoms with Crippen LogP contribution in [-0.2, 0) is 6.42 Å². The van der Waals surface area contributed by atoms with E-state index in [0.29, 0.717) is 6.04 Å². The predicted molar refractivity (Wildman–Crippen MR) is 85.5 cm³/mol. The van der Waals surface area contributed by atoms with Gasteiger partial charge in [0, 0.05) is 6.04 Å². The van der Waals surface area contributed by atoms with E-state index in [1.807, 2.05) is 13.8 Å². The monoisotopic (exact) mass is 272 g/mol. The Labute approximate surface area is 124 Å². The second-order valence-electron chi connectivity index (χ2n) is 6.33. The number of nitrogens with one attached hydrogen (secondary N) is 1. The SMILES string of the molecule is CC(CCc1ccccc1)NCCCCC(C)(C)C#N. The lowest BCUT2D eigenvalue weighted by Gasteiger charge is -2.16. The predicted octanol–water partition coefficient (Wildman–Crippen LogP) is 4.32. The van der Waals surface area contributed by atoms with Gasteiger partial charge in [0.15, 0.2) is 0 Å². The Kier molecular flexibility index (Phi) is 7.33. The first kappa shape index (κ1) is 16.7. The molecule has 1 rings (SSSR count). The molecule has 0 aromatic heterocycles. The molecule has 110 valence electrons. The van der Waals surface area contributed by atoms with Gasteiger partial charge in [0.05, 0.1) is 11.5 Å². The summed E-state index contributed by atoms with van der Waals surface area (Å²) in [5, 5.41) is 12.5. The molecule has 0 amide bonds. The first-order valence-corrected chi connectivity index (χ1v) is 7.72. The summed E-state index contributed by atoms with van der Waals surface area (Å²) >= 11 is 0. The Hall–Kier alpha value is -1.33. The average molecular weight is 272 g/mol. The molecule has 0 aliphatic carbocycles. The molecule has 0 spiro atoms. The van der Waals surface area contributed by atoms with Crippen LogP contribution in [0.1, 0.15) is 52.0 Å². The number of unbranched alkanes of at least 4 members (excludes halogenated alkanes) is 1. The van der Waals surface area contributed by atoms with Crippen LogP contribution < -0.4 is 5.32 Å². The van der Waals surface area contributed by atoms with E-state index in [0.717, 1.165) is 32.2 Å². The van der Waals surface area contributed by atoms with E-state index in [9.17, 15) is 0 Å². The number of hydrogen-bond donors (Lipinski definition) is 1. The van der Waals surface area contributed by atoms with Crippen LogP contribution in [0.2, 0.25) is 0 Å². The molecule has 1 unspecified atom stereocenters. The number of nitriles is 1. The van der Waals surface area contributed by atoms with Crippen LogP contribution in [0.4, 0.5) is 0 Å². The van der Waals surface area contributed by atoms with Crippen LogP contribution in [-0.4, -0.2) is 12.6 Å².